The van der Waals surface area contributed by atoms with E-state index >= 15 is 0 Å². The fourth-order valence-electron chi connectivity index (χ4n) is 3.89. The van der Waals surface area contributed by atoms with E-state index in [0.29, 0.717) is 10.6 Å². The van der Waals surface area contributed by atoms with Crippen molar-refractivity contribution in [2.45, 2.75) is 0 Å². The molecule has 4 nitrogen and oxygen atoms in total. The number of rotatable bonds is 3. The van der Waals surface area contributed by atoms with Crippen LogP contribution in [0.5, 0.6) is 0 Å². The first-order chi connectivity index (χ1) is 14.1. The van der Waals surface area contributed by atoms with Crippen LogP contribution in [0, 0.1) is 10.1 Å². The molecule has 0 N–H and O–H groups in total. The first-order valence-corrected chi connectivity index (χ1v) is 9.54. The Hall–Kier alpha value is -3.63. The van der Waals surface area contributed by atoms with E-state index in [4.69, 9.17) is 11.6 Å². The lowest BCUT2D eigenvalue weighted by Crippen LogP contribution is -1.94. The third kappa shape index (κ3) is 2.85. The fourth-order valence-corrected chi connectivity index (χ4v) is 4.06. The Balaban J connectivity index is 1.86. The summed E-state index contributed by atoms with van der Waals surface area (Å²) in [7, 11) is 0. The van der Waals surface area contributed by atoms with Crippen molar-refractivity contribution in [1.29, 1.82) is 0 Å². The SMILES string of the molecule is O=[N+]([O-])c1ccc(Cl)cc1-c1ccc2c3ccccc3n(-c3ccccc3)c2c1. The highest BCUT2D eigenvalue weighted by Gasteiger charge is 2.18. The van der Waals surface area contributed by atoms with E-state index in [0.717, 1.165) is 33.1 Å². The van der Waals surface area contributed by atoms with Gasteiger partial charge in [-0.3, -0.25) is 10.1 Å². The van der Waals surface area contributed by atoms with Crippen LogP contribution in [0.25, 0.3) is 38.6 Å². The molecule has 0 spiro atoms. The lowest BCUT2D eigenvalue weighted by atomic mass is 10.0. The number of para-hydroxylation sites is 2. The Morgan fingerprint density at radius 1 is 0.759 bits per heavy atom. The molecule has 4 aromatic carbocycles. The number of halogens is 1. The van der Waals surface area contributed by atoms with Crippen LogP contribution < -0.4 is 0 Å². The molecule has 0 aliphatic rings. The second-order valence-corrected chi connectivity index (χ2v) is 7.28. The van der Waals surface area contributed by atoms with Crippen LogP contribution in [0.3, 0.4) is 0 Å². The molecule has 1 heterocycles. The van der Waals surface area contributed by atoms with Gasteiger partial charge in [0, 0.05) is 27.5 Å². The van der Waals surface area contributed by atoms with Crippen molar-refractivity contribution >= 4 is 39.1 Å². The topological polar surface area (TPSA) is 48.1 Å². The van der Waals surface area contributed by atoms with Gasteiger partial charge in [-0.2, -0.15) is 0 Å². The van der Waals surface area contributed by atoms with Crippen LogP contribution in [0.15, 0.2) is 91.0 Å². The number of nitrogens with zero attached hydrogens (tertiary/aromatic N) is 2. The van der Waals surface area contributed by atoms with Crippen LogP contribution in [-0.4, -0.2) is 9.49 Å². The maximum Gasteiger partial charge on any atom is 0.277 e. The molecule has 0 saturated heterocycles. The largest absolute Gasteiger partial charge is 0.309 e. The van der Waals surface area contributed by atoms with Crippen molar-refractivity contribution < 1.29 is 4.92 Å². The number of nitro benzene ring substituents is 1. The molecule has 29 heavy (non-hydrogen) atoms. The van der Waals surface area contributed by atoms with Gasteiger partial charge in [0.2, 0.25) is 0 Å². The molecular formula is C24H15ClN2O2. The third-order valence-electron chi connectivity index (χ3n) is 5.15. The monoisotopic (exact) mass is 398 g/mol. The van der Waals surface area contributed by atoms with E-state index in [-0.39, 0.29) is 10.6 Å². The predicted molar refractivity (Wildman–Crippen MR) is 118 cm³/mol. The second kappa shape index (κ2) is 6.76. The van der Waals surface area contributed by atoms with Gasteiger partial charge in [0.15, 0.2) is 0 Å². The van der Waals surface area contributed by atoms with Crippen molar-refractivity contribution in [3.63, 3.8) is 0 Å². The van der Waals surface area contributed by atoms with Gasteiger partial charge in [-0.25, -0.2) is 0 Å². The van der Waals surface area contributed by atoms with Gasteiger partial charge < -0.3 is 4.57 Å². The standard InChI is InChI=1S/C24H15ClN2O2/c25-17-11-13-23(27(28)29)21(15-17)16-10-12-20-19-8-4-5-9-22(19)26(24(20)14-16)18-6-2-1-3-7-18/h1-15H. The lowest BCUT2D eigenvalue weighted by Gasteiger charge is -2.09. The molecule has 0 saturated carbocycles. The molecular weight excluding hydrogens is 384 g/mol. The van der Waals surface area contributed by atoms with Crippen LogP contribution in [-0.2, 0) is 0 Å². The molecule has 5 heteroatoms. The summed E-state index contributed by atoms with van der Waals surface area (Å²) in [6, 6.07) is 28.9. The number of hydrogen-bond acceptors (Lipinski definition) is 2. The van der Waals surface area contributed by atoms with Gasteiger partial charge in [-0.1, -0.05) is 60.1 Å². The summed E-state index contributed by atoms with van der Waals surface area (Å²) in [4.78, 5) is 11.2. The summed E-state index contributed by atoms with van der Waals surface area (Å²) >= 11 is 6.15. The van der Waals surface area contributed by atoms with Crippen LogP contribution in [0.4, 0.5) is 5.69 Å². The van der Waals surface area contributed by atoms with E-state index in [1.165, 1.54) is 6.07 Å². The molecule has 140 valence electrons. The van der Waals surface area contributed by atoms with Crippen molar-refractivity contribution in [2.75, 3.05) is 0 Å². The highest BCUT2D eigenvalue weighted by molar-refractivity contribution is 6.31. The minimum absolute atomic E-state index is 0.0381. The van der Waals surface area contributed by atoms with Crippen molar-refractivity contribution in [1.82, 2.24) is 4.57 Å². The molecule has 0 amide bonds. The molecule has 0 radical (unpaired) electrons. The zero-order chi connectivity index (χ0) is 20.0. The molecule has 5 aromatic rings. The Morgan fingerprint density at radius 3 is 2.28 bits per heavy atom. The zero-order valence-corrected chi connectivity index (χ0v) is 16.0. The number of benzene rings is 4. The van der Waals surface area contributed by atoms with Crippen molar-refractivity contribution in [2.24, 2.45) is 0 Å². The Labute approximate surface area is 171 Å². The Morgan fingerprint density at radius 2 is 1.48 bits per heavy atom. The van der Waals surface area contributed by atoms with E-state index in [1.54, 1.807) is 12.1 Å². The summed E-state index contributed by atoms with van der Waals surface area (Å²) < 4.78 is 2.19. The zero-order valence-electron chi connectivity index (χ0n) is 15.2. The third-order valence-corrected chi connectivity index (χ3v) is 5.39. The van der Waals surface area contributed by atoms with E-state index in [9.17, 15) is 10.1 Å². The van der Waals surface area contributed by atoms with E-state index in [2.05, 4.69) is 28.8 Å². The number of fused-ring (bicyclic) bond motifs is 3. The second-order valence-electron chi connectivity index (χ2n) is 6.84. The summed E-state index contributed by atoms with van der Waals surface area (Å²) in [5.41, 5.74) is 4.42. The molecule has 0 fully saturated rings. The molecule has 0 aliphatic carbocycles. The molecule has 5 rings (SSSR count). The summed E-state index contributed by atoms with van der Waals surface area (Å²) in [5, 5.41) is 14.3. The van der Waals surface area contributed by atoms with Gasteiger partial charge in [0.05, 0.1) is 21.5 Å². The van der Waals surface area contributed by atoms with Gasteiger partial charge in [0.1, 0.15) is 0 Å². The first kappa shape index (κ1) is 17.5. The molecule has 0 unspecified atom stereocenters. The summed E-state index contributed by atoms with van der Waals surface area (Å²) in [5.74, 6) is 0. The maximum absolute atomic E-state index is 11.6. The molecule has 0 aliphatic heterocycles. The van der Waals surface area contributed by atoms with Gasteiger partial charge in [-0.15, -0.1) is 0 Å². The highest BCUT2D eigenvalue weighted by atomic mass is 35.5. The van der Waals surface area contributed by atoms with E-state index in [1.807, 2.05) is 48.5 Å². The van der Waals surface area contributed by atoms with Gasteiger partial charge >= 0.3 is 0 Å². The first-order valence-electron chi connectivity index (χ1n) is 9.16. The van der Waals surface area contributed by atoms with Crippen molar-refractivity contribution in [3.05, 3.63) is 106 Å². The summed E-state index contributed by atoms with van der Waals surface area (Å²) in [6.45, 7) is 0. The average Bonchev–Trinajstić information content (AvgIpc) is 3.07. The lowest BCUT2D eigenvalue weighted by molar-refractivity contribution is -0.384. The molecule has 1 aromatic heterocycles. The summed E-state index contributed by atoms with van der Waals surface area (Å²) in [6.07, 6.45) is 0. The van der Waals surface area contributed by atoms with Crippen molar-refractivity contribution in [3.8, 4) is 16.8 Å². The van der Waals surface area contributed by atoms with Gasteiger partial charge in [0.25, 0.3) is 5.69 Å². The van der Waals surface area contributed by atoms with Crippen LogP contribution in [0.1, 0.15) is 0 Å². The smallest absolute Gasteiger partial charge is 0.277 e. The Bertz CT molecular complexity index is 1390. The quantitative estimate of drug-likeness (QED) is 0.242. The molecule has 0 bridgehead atoms. The fraction of sp³-hybridized carbons (Fsp3) is 0. The van der Waals surface area contributed by atoms with Crippen LogP contribution >= 0.6 is 11.6 Å². The number of aromatic nitrogens is 1. The minimum Gasteiger partial charge on any atom is -0.309 e. The van der Waals surface area contributed by atoms with E-state index < -0.39 is 0 Å². The van der Waals surface area contributed by atoms with Crippen LogP contribution in [0.2, 0.25) is 5.02 Å². The maximum atomic E-state index is 11.6. The molecule has 0 atom stereocenters. The number of nitro groups is 1. The predicted octanol–water partition coefficient (Wildman–Crippen LogP) is 7.01. The normalized spacial score (nSPS) is 11.2. The minimum atomic E-state index is -0.372. The van der Waals surface area contributed by atoms with Gasteiger partial charge in [-0.05, 0) is 42.0 Å². The Kier molecular flexibility index (Phi) is 4.07. The highest BCUT2D eigenvalue weighted by Crippen LogP contribution is 2.37. The average molecular weight is 399 g/mol. The number of hydrogen-bond donors (Lipinski definition) is 0.